The summed E-state index contributed by atoms with van der Waals surface area (Å²) in [5, 5.41) is 11.1. The highest BCUT2D eigenvalue weighted by atomic mass is 15.3. The van der Waals surface area contributed by atoms with Crippen LogP contribution in [0.5, 0.6) is 0 Å². The van der Waals surface area contributed by atoms with E-state index in [-0.39, 0.29) is 0 Å². The minimum atomic E-state index is 0.510. The van der Waals surface area contributed by atoms with E-state index in [0.29, 0.717) is 6.04 Å². The average Bonchev–Trinajstić information content (AvgIpc) is 3.38. The maximum atomic E-state index is 4.32. The molecule has 1 atom stereocenters. The van der Waals surface area contributed by atoms with Crippen LogP contribution in [0, 0.1) is 0 Å². The molecule has 0 amide bonds. The number of benzene rings is 1. The van der Waals surface area contributed by atoms with Gasteiger partial charge in [-0.1, -0.05) is 12.1 Å². The maximum Gasteiger partial charge on any atom is 0.191 e. The Morgan fingerprint density at radius 2 is 2.08 bits per heavy atom. The molecule has 1 saturated carbocycles. The molecule has 1 fully saturated rings. The first-order valence-corrected chi connectivity index (χ1v) is 9.43. The molecule has 1 aliphatic rings. The van der Waals surface area contributed by atoms with E-state index in [1.165, 1.54) is 18.4 Å². The summed E-state index contributed by atoms with van der Waals surface area (Å²) in [6.45, 7) is 4.03. The van der Waals surface area contributed by atoms with Crippen LogP contribution in [0.25, 0.3) is 5.69 Å². The molecule has 1 unspecified atom stereocenters. The van der Waals surface area contributed by atoms with Crippen molar-refractivity contribution in [3.8, 4) is 5.69 Å². The minimum Gasteiger partial charge on any atom is -0.356 e. The molecule has 1 aliphatic carbocycles. The second-order valence-corrected chi connectivity index (χ2v) is 6.99. The number of aromatic nitrogens is 2. The number of hydrogen-bond acceptors (Lipinski definition) is 3. The Bertz CT molecular complexity index is 688. The molecule has 0 saturated heterocycles. The van der Waals surface area contributed by atoms with Gasteiger partial charge in [0.25, 0.3) is 0 Å². The number of nitrogens with zero attached hydrogens (tertiary/aromatic N) is 4. The van der Waals surface area contributed by atoms with Gasteiger partial charge in [0.1, 0.15) is 0 Å². The first kappa shape index (κ1) is 18.5. The Morgan fingerprint density at radius 1 is 1.31 bits per heavy atom. The van der Waals surface area contributed by atoms with Crippen LogP contribution in [0.2, 0.25) is 0 Å². The zero-order valence-electron chi connectivity index (χ0n) is 16.0. The van der Waals surface area contributed by atoms with Gasteiger partial charge in [-0.2, -0.15) is 5.10 Å². The lowest BCUT2D eigenvalue weighted by Crippen LogP contribution is -2.45. The molecule has 140 valence electrons. The fourth-order valence-corrected chi connectivity index (χ4v) is 3.01. The number of rotatable bonds is 8. The van der Waals surface area contributed by atoms with Crippen molar-refractivity contribution < 1.29 is 0 Å². The van der Waals surface area contributed by atoms with E-state index in [0.717, 1.165) is 37.2 Å². The van der Waals surface area contributed by atoms with Crippen LogP contribution in [0.4, 0.5) is 0 Å². The molecule has 0 bridgehead atoms. The van der Waals surface area contributed by atoms with Gasteiger partial charge >= 0.3 is 0 Å². The fourth-order valence-electron chi connectivity index (χ4n) is 3.01. The first-order valence-electron chi connectivity index (χ1n) is 9.43. The quantitative estimate of drug-likeness (QED) is 0.563. The molecule has 1 aromatic carbocycles. The Hall–Kier alpha value is -2.34. The molecular weight excluding hydrogens is 324 g/mol. The maximum absolute atomic E-state index is 4.32. The average molecular weight is 355 g/mol. The highest BCUT2D eigenvalue weighted by Gasteiger charge is 2.28. The summed E-state index contributed by atoms with van der Waals surface area (Å²) in [6, 6.07) is 11.7. The van der Waals surface area contributed by atoms with E-state index in [2.05, 4.69) is 63.9 Å². The lowest BCUT2D eigenvalue weighted by Gasteiger charge is -2.25. The van der Waals surface area contributed by atoms with Crippen LogP contribution < -0.4 is 10.6 Å². The molecular formula is C20H30N6. The minimum absolute atomic E-state index is 0.510. The number of hydrogen-bond donors (Lipinski definition) is 2. The summed E-state index contributed by atoms with van der Waals surface area (Å²) >= 11 is 0. The Balaban J connectivity index is 1.40. The van der Waals surface area contributed by atoms with E-state index in [1.807, 2.05) is 24.0 Å². The third kappa shape index (κ3) is 5.08. The van der Waals surface area contributed by atoms with Gasteiger partial charge in [-0.25, -0.2) is 4.68 Å². The van der Waals surface area contributed by atoms with Crippen molar-refractivity contribution in [3.05, 3.63) is 48.3 Å². The molecule has 1 heterocycles. The van der Waals surface area contributed by atoms with E-state index in [4.69, 9.17) is 0 Å². The van der Waals surface area contributed by atoms with Gasteiger partial charge in [0.15, 0.2) is 5.96 Å². The van der Waals surface area contributed by atoms with Crippen molar-refractivity contribution in [2.45, 2.75) is 38.3 Å². The van der Waals surface area contributed by atoms with Crippen LogP contribution in [0.15, 0.2) is 47.7 Å². The zero-order chi connectivity index (χ0) is 18.4. The molecule has 1 aromatic heterocycles. The number of nitrogens with one attached hydrogen (secondary N) is 2. The second kappa shape index (κ2) is 8.85. The molecule has 0 radical (unpaired) electrons. The Labute approximate surface area is 156 Å². The van der Waals surface area contributed by atoms with Crippen LogP contribution in [0.3, 0.4) is 0 Å². The molecule has 0 aliphatic heterocycles. The van der Waals surface area contributed by atoms with Crippen LogP contribution >= 0.6 is 0 Å². The third-order valence-electron chi connectivity index (χ3n) is 5.02. The van der Waals surface area contributed by atoms with Crippen molar-refractivity contribution >= 4 is 5.96 Å². The second-order valence-electron chi connectivity index (χ2n) is 6.99. The summed E-state index contributed by atoms with van der Waals surface area (Å²) in [5.74, 6) is 0.870. The zero-order valence-corrected chi connectivity index (χ0v) is 16.0. The SMILES string of the molecule is CN=C(NCCc1ccc(-n2cccn2)cc1)NCC(C)N(C)C1CC1. The lowest BCUT2D eigenvalue weighted by atomic mass is 10.1. The summed E-state index contributed by atoms with van der Waals surface area (Å²) < 4.78 is 1.87. The van der Waals surface area contributed by atoms with Crippen molar-refractivity contribution in [1.29, 1.82) is 0 Å². The van der Waals surface area contributed by atoms with Crippen LogP contribution in [-0.4, -0.2) is 59.9 Å². The van der Waals surface area contributed by atoms with Gasteiger partial charge in [0.05, 0.1) is 5.69 Å². The van der Waals surface area contributed by atoms with Crippen LogP contribution in [0.1, 0.15) is 25.3 Å². The summed E-state index contributed by atoms with van der Waals surface area (Å²) in [5.41, 5.74) is 2.38. The van der Waals surface area contributed by atoms with E-state index in [1.54, 1.807) is 6.20 Å². The van der Waals surface area contributed by atoms with E-state index < -0.39 is 0 Å². The monoisotopic (exact) mass is 354 g/mol. The van der Waals surface area contributed by atoms with E-state index >= 15 is 0 Å². The van der Waals surface area contributed by atoms with Crippen molar-refractivity contribution in [2.75, 3.05) is 27.2 Å². The van der Waals surface area contributed by atoms with E-state index in [9.17, 15) is 0 Å². The summed E-state index contributed by atoms with van der Waals surface area (Å²) in [4.78, 5) is 6.78. The standard InChI is InChI=1S/C20H30N6/c1-16(25(3)18-9-10-18)15-23-20(21-2)22-13-11-17-5-7-19(8-6-17)26-14-4-12-24-26/h4-8,12,14,16,18H,9-11,13,15H2,1-3H3,(H2,21,22,23). The molecule has 2 aromatic rings. The Kier molecular flexibility index (Phi) is 6.28. The number of aliphatic imine (C=N–C) groups is 1. The molecule has 6 heteroatoms. The first-order chi connectivity index (χ1) is 12.7. The van der Waals surface area contributed by atoms with Crippen molar-refractivity contribution in [3.63, 3.8) is 0 Å². The molecule has 0 spiro atoms. The fraction of sp³-hybridized carbons (Fsp3) is 0.500. The topological polar surface area (TPSA) is 57.5 Å². The molecule has 6 nitrogen and oxygen atoms in total. The number of likely N-dealkylation sites (N-methyl/N-ethyl adjacent to an activating group) is 1. The van der Waals surface area contributed by atoms with Crippen LogP contribution in [-0.2, 0) is 6.42 Å². The largest absolute Gasteiger partial charge is 0.356 e. The molecule has 3 rings (SSSR count). The Morgan fingerprint density at radius 3 is 2.69 bits per heavy atom. The smallest absolute Gasteiger partial charge is 0.191 e. The highest BCUT2D eigenvalue weighted by Crippen LogP contribution is 2.26. The van der Waals surface area contributed by atoms with Gasteiger partial charge < -0.3 is 10.6 Å². The third-order valence-corrected chi connectivity index (χ3v) is 5.02. The van der Waals surface area contributed by atoms with Gasteiger partial charge in [-0.3, -0.25) is 9.89 Å². The summed E-state index contributed by atoms with van der Waals surface area (Å²) in [6.07, 6.45) is 7.38. The van der Waals surface area contributed by atoms with Gasteiger partial charge in [-0.05, 0) is 57.0 Å². The highest BCUT2D eigenvalue weighted by molar-refractivity contribution is 5.79. The van der Waals surface area contributed by atoms with Crippen molar-refractivity contribution in [2.24, 2.45) is 4.99 Å². The normalized spacial score (nSPS) is 15.9. The molecule has 26 heavy (non-hydrogen) atoms. The molecule has 2 N–H and O–H groups in total. The lowest BCUT2D eigenvalue weighted by molar-refractivity contribution is 0.247. The predicted octanol–water partition coefficient (Wildman–Crippen LogP) is 2.06. The van der Waals surface area contributed by atoms with Gasteiger partial charge in [0.2, 0.25) is 0 Å². The number of guanidine groups is 1. The van der Waals surface area contributed by atoms with Gasteiger partial charge in [-0.15, -0.1) is 0 Å². The predicted molar refractivity (Wildman–Crippen MR) is 107 cm³/mol. The van der Waals surface area contributed by atoms with Crippen molar-refractivity contribution in [1.82, 2.24) is 25.3 Å². The van der Waals surface area contributed by atoms with Gasteiger partial charge in [0, 0.05) is 44.6 Å². The summed E-state index contributed by atoms with van der Waals surface area (Å²) in [7, 11) is 4.04.